The number of benzene rings is 1. The second kappa shape index (κ2) is 7.70. The zero-order chi connectivity index (χ0) is 20.4. The molecule has 2 aromatic heterocycles. The molecule has 0 aliphatic carbocycles. The molecule has 0 fully saturated rings. The first-order valence-electron chi connectivity index (χ1n) is 9.18. The third-order valence-corrected chi connectivity index (χ3v) is 4.68. The van der Waals surface area contributed by atoms with Crippen LogP contribution in [0, 0.1) is 0 Å². The van der Waals surface area contributed by atoms with Gasteiger partial charge in [-0.05, 0) is 24.6 Å². The summed E-state index contributed by atoms with van der Waals surface area (Å²) in [5.41, 5.74) is 1.04. The fraction of sp³-hybridized carbons (Fsp3) is 0.250. The average Bonchev–Trinajstić information content (AvgIpc) is 3.17. The number of nitrogens with zero attached hydrogens (tertiary/aromatic N) is 4. The Morgan fingerprint density at radius 1 is 1.24 bits per heavy atom. The summed E-state index contributed by atoms with van der Waals surface area (Å²) in [7, 11) is 1.60. The molecule has 3 aromatic rings. The molecule has 0 saturated carbocycles. The van der Waals surface area contributed by atoms with E-state index in [0.29, 0.717) is 23.8 Å². The van der Waals surface area contributed by atoms with Gasteiger partial charge in [0, 0.05) is 19.7 Å². The maximum atomic E-state index is 12.9. The molecule has 9 nitrogen and oxygen atoms in total. The first-order valence-corrected chi connectivity index (χ1v) is 9.18. The van der Waals surface area contributed by atoms with Crippen LogP contribution in [0.15, 0.2) is 48.7 Å². The van der Waals surface area contributed by atoms with E-state index in [1.807, 2.05) is 30.3 Å². The zero-order valence-corrected chi connectivity index (χ0v) is 16.0. The lowest BCUT2D eigenvalue weighted by Gasteiger charge is -2.22. The van der Waals surface area contributed by atoms with Gasteiger partial charge in [-0.2, -0.15) is 0 Å². The summed E-state index contributed by atoms with van der Waals surface area (Å²) in [5, 5.41) is 9.44. The molecule has 2 atom stereocenters. The molecule has 3 heterocycles. The lowest BCUT2D eigenvalue weighted by atomic mass is 10.1. The predicted molar refractivity (Wildman–Crippen MR) is 105 cm³/mol. The molecule has 29 heavy (non-hydrogen) atoms. The Labute approximate surface area is 167 Å². The first kappa shape index (κ1) is 18.6. The Hall–Kier alpha value is -3.75. The van der Waals surface area contributed by atoms with Gasteiger partial charge in [-0.3, -0.25) is 19.6 Å². The van der Waals surface area contributed by atoms with Gasteiger partial charge in [-0.25, -0.2) is 9.97 Å². The van der Waals surface area contributed by atoms with Crippen LogP contribution < -0.4 is 15.0 Å². The van der Waals surface area contributed by atoms with Crippen LogP contribution in [0.4, 0.5) is 5.82 Å². The van der Waals surface area contributed by atoms with Crippen molar-refractivity contribution < 1.29 is 14.3 Å². The Kier molecular flexibility index (Phi) is 4.94. The van der Waals surface area contributed by atoms with Gasteiger partial charge in [-0.1, -0.05) is 30.3 Å². The second-order valence-electron chi connectivity index (χ2n) is 6.76. The number of hydrogen-bond acceptors (Lipinski definition) is 6. The van der Waals surface area contributed by atoms with E-state index >= 15 is 0 Å². The number of H-pyrrole nitrogens is 1. The first-order chi connectivity index (χ1) is 14.0. The molecule has 1 aromatic carbocycles. The van der Waals surface area contributed by atoms with E-state index in [4.69, 9.17) is 4.74 Å². The van der Waals surface area contributed by atoms with Crippen LogP contribution in [0.5, 0.6) is 5.75 Å². The molecule has 2 amide bonds. The normalized spacial score (nSPS) is 18.6. The van der Waals surface area contributed by atoms with Gasteiger partial charge in [0.2, 0.25) is 5.82 Å². The Balaban J connectivity index is 1.49. The number of carbonyl (C=O) groups excluding carboxylic acids is 2. The molecule has 0 saturated heterocycles. The highest BCUT2D eigenvalue weighted by atomic mass is 16.5. The minimum absolute atomic E-state index is 0.0292. The number of likely N-dealkylation sites (N-methyl/N-ethyl adjacent to an activating group) is 1. The van der Waals surface area contributed by atoms with Crippen molar-refractivity contribution in [2.45, 2.75) is 25.5 Å². The van der Waals surface area contributed by atoms with E-state index in [1.165, 1.54) is 4.90 Å². The lowest BCUT2D eigenvalue weighted by Crippen LogP contribution is -2.53. The summed E-state index contributed by atoms with van der Waals surface area (Å²) in [6.45, 7) is 1.72. The number of fused-ring (bicyclic) bond motifs is 1. The monoisotopic (exact) mass is 392 g/mol. The van der Waals surface area contributed by atoms with Crippen molar-refractivity contribution in [2.24, 2.45) is 0 Å². The highest BCUT2D eigenvalue weighted by molar-refractivity contribution is 6.02. The van der Waals surface area contributed by atoms with E-state index in [1.54, 1.807) is 32.3 Å². The predicted octanol–water partition coefficient (Wildman–Crippen LogP) is 1.33. The number of pyridine rings is 1. The maximum absolute atomic E-state index is 12.9. The number of ether oxygens (including phenoxy) is 1. The van der Waals surface area contributed by atoms with Crippen molar-refractivity contribution in [2.75, 3.05) is 11.9 Å². The molecule has 4 rings (SSSR count). The number of hydrogen-bond donors (Lipinski definition) is 2. The number of carbonyl (C=O) groups is 2. The van der Waals surface area contributed by atoms with Gasteiger partial charge >= 0.3 is 0 Å². The fourth-order valence-corrected chi connectivity index (χ4v) is 3.16. The highest BCUT2D eigenvalue weighted by Crippen LogP contribution is 2.29. The molecule has 0 spiro atoms. The third kappa shape index (κ3) is 3.79. The van der Waals surface area contributed by atoms with Gasteiger partial charge in [0.15, 0.2) is 11.6 Å². The molecular weight excluding hydrogens is 372 g/mol. The van der Waals surface area contributed by atoms with E-state index in [-0.39, 0.29) is 11.7 Å². The second-order valence-corrected chi connectivity index (χ2v) is 6.76. The molecule has 0 unspecified atom stereocenters. The summed E-state index contributed by atoms with van der Waals surface area (Å²) >= 11 is 0. The number of nitrogens with one attached hydrogen (secondary N) is 2. The molecule has 9 heteroatoms. The quantitative estimate of drug-likeness (QED) is 0.693. The Bertz CT molecular complexity index is 1040. The number of aromatic nitrogens is 4. The van der Waals surface area contributed by atoms with Crippen molar-refractivity contribution in [1.82, 2.24) is 25.5 Å². The van der Waals surface area contributed by atoms with E-state index < -0.39 is 18.1 Å². The van der Waals surface area contributed by atoms with Gasteiger partial charge in [0.05, 0.1) is 0 Å². The standard InChI is InChI=1S/C20H20N6O3/c1-12-16(20(28)26(2)18-14(29-12)9-6-10-21-18)23-19(27)17-22-15(24-25-17)11-13-7-4-3-5-8-13/h3-10,12,16H,11H2,1-2H3,(H,23,27)(H,22,24,25)/t12-,16-/m0/s1. The van der Waals surface area contributed by atoms with Gasteiger partial charge in [0.25, 0.3) is 11.8 Å². The van der Waals surface area contributed by atoms with Crippen molar-refractivity contribution >= 4 is 17.6 Å². The average molecular weight is 392 g/mol. The lowest BCUT2D eigenvalue weighted by molar-refractivity contribution is -0.121. The molecule has 1 aliphatic rings. The van der Waals surface area contributed by atoms with Crippen LogP contribution in [0.2, 0.25) is 0 Å². The van der Waals surface area contributed by atoms with Crippen molar-refractivity contribution in [3.05, 3.63) is 65.9 Å². The van der Waals surface area contributed by atoms with Crippen LogP contribution in [-0.2, 0) is 11.2 Å². The summed E-state index contributed by atoms with van der Waals surface area (Å²) in [5.74, 6) is 0.537. The van der Waals surface area contributed by atoms with Crippen molar-refractivity contribution in [3.63, 3.8) is 0 Å². The van der Waals surface area contributed by atoms with E-state index in [0.717, 1.165) is 5.56 Å². The maximum Gasteiger partial charge on any atom is 0.291 e. The number of anilines is 1. The van der Waals surface area contributed by atoms with Crippen LogP contribution in [0.3, 0.4) is 0 Å². The van der Waals surface area contributed by atoms with Gasteiger partial charge in [-0.15, -0.1) is 5.10 Å². The highest BCUT2D eigenvalue weighted by Gasteiger charge is 2.37. The topological polar surface area (TPSA) is 113 Å². The third-order valence-electron chi connectivity index (χ3n) is 4.68. The molecule has 0 radical (unpaired) electrons. The van der Waals surface area contributed by atoms with Crippen LogP contribution in [-0.4, -0.2) is 51.2 Å². The Morgan fingerprint density at radius 3 is 2.83 bits per heavy atom. The van der Waals surface area contributed by atoms with Crippen molar-refractivity contribution in [1.29, 1.82) is 0 Å². The summed E-state index contributed by atoms with van der Waals surface area (Å²) in [6, 6.07) is 12.3. The fourth-order valence-electron chi connectivity index (χ4n) is 3.16. The number of amides is 2. The molecule has 148 valence electrons. The SMILES string of the molecule is C[C@@H]1Oc2cccnc2N(C)C(=O)[C@H]1NC(=O)c1n[nH]c(Cc2ccccc2)n1. The summed E-state index contributed by atoms with van der Waals surface area (Å²) in [4.78, 5) is 35.4. The van der Waals surface area contributed by atoms with E-state index in [2.05, 4.69) is 25.5 Å². The summed E-state index contributed by atoms with van der Waals surface area (Å²) in [6.07, 6.45) is 1.51. The minimum Gasteiger partial charge on any atom is -0.484 e. The number of rotatable bonds is 4. The summed E-state index contributed by atoms with van der Waals surface area (Å²) < 4.78 is 5.84. The van der Waals surface area contributed by atoms with Gasteiger partial charge in [0.1, 0.15) is 18.0 Å². The largest absolute Gasteiger partial charge is 0.484 e. The minimum atomic E-state index is -0.905. The molecular formula is C20H20N6O3. The van der Waals surface area contributed by atoms with Crippen LogP contribution in [0.1, 0.15) is 28.9 Å². The smallest absolute Gasteiger partial charge is 0.291 e. The molecule has 0 bridgehead atoms. The van der Waals surface area contributed by atoms with Crippen LogP contribution in [0.25, 0.3) is 0 Å². The van der Waals surface area contributed by atoms with Crippen LogP contribution >= 0.6 is 0 Å². The van der Waals surface area contributed by atoms with E-state index in [9.17, 15) is 9.59 Å². The zero-order valence-electron chi connectivity index (χ0n) is 16.0. The number of aromatic amines is 1. The molecule has 1 aliphatic heterocycles. The van der Waals surface area contributed by atoms with Crippen molar-refractivity contribution in [3.8, 4) is 5.75 Å². The van der Waals surface area contributed by atoms with Gasteiger partial charge < -0.3 is 10.1 Å². The molecule has 2 N–H and O–H groups in total. The Morgan fingerprint density at radius 2 is 2.03 bits per heavy atom.